The summed E-state index contributed by atoms with van der Waals surface area (Å²) in [5, 5.41) is 3.78. The normalized spacial score (nSPS) is 24.5. The molecule has 18 heavy (non-hydrogen) atoms. The molecule has 1 aromatic heterocycles. The minimum atomic E-state index is 0.469. The molecule has 0 saturated heterocycles. The van der Waals surface area contributed by atoms with E-state index in [2.05, 4.69) is 59.4 Å². The first-order valence-corrected chi connectivity index (χ1v) is 8.49. The van der Waals surface area contributed by atoms with Crippen LogP contribution in [0.15, 0.2) is 29.6 Å². The number of alkyl halides is 1. The van der Waals surface area contributed by atoms with E-state index < -0.39 is 0 Å². The number of hydrogen-bond acceptors (Lipinski definition) is 1. The number of hydrogen-bond donors (Lipinski definition) is 0. The molecule has 96 valence electrons. The zero-order chi connectivity index (χ0) is 12.8. The van der Waals surface area contributed by atoms with Gasteiger partial charge in [0.25, 0.3) is 0 Å². The van der Waals surface area contributed by atoms with Gasteiger partial charge in [0.15, 0.2) is 0 Å². The number of fused-ring (bicyclic) bond motifs is 1. The lowest BCUT2D eigenvalue weighted by atomic mass is 9.78. The van der Waals surface area contributed by atoms with E-state index in [0.717, 1.165) is 5.92 Å². The third-order valence-corrected chi connectivity index (χ3v) is 6.61. The SMILES string of the molecule is CC1(C)CCCC1C(Br)c1csc2ccccc12. The molecule has 0 amide bonds. The van der Waals surface area contributed by atoms with Crippen molar-refractivity contribution in [1.82, 2.24) is 0 Å². The van der Waals surface area contributed by atoms with Crippen LogP contribution in [-0.4, -0.2) is 0 Å². The maximum atomic E-state index is 4.00. The fourth-order valence-corrected chi connectivity index (χ4v) is 5.86. The highest BCUT2D eigenvalue weighted by Crippen LogP contribution is 2.53. The summed E-state index contributed by atoms with van der Waals surface area (Å²) in [7, 11) is 0. The van der Waals surface area contributed by atoms with Gasteiger partial charge in [-0.3, -0.25) is 0 Å². The van der Waals surface area contributed by atoms with Crippen LogP contribution in [0.2, 0.25) is 0 Å². The van der Waals surface area contributed by atoms with Crippen LogP contribution in [0.4, 0.5) is 0 Å². The number of benzene rings is 1. The van der Waals surface area contributed by atoms with Crippen LogP contribution in [0.5, 0.6) is 0 Å². The first-order chi connectivity index (χ1) is 8.59. The van der Waals surface area contributed by atoms with Crippen molar-refractivity contribution >= 4 is 37.4 Å². The molecule has 0 spiro atoms. The average molecular weight is 323 g/mol. The molecular formula is C16H19BrS. The Morgan fingerprint density at radius 1 is 1.33 bits per heavy atom. The smallest absolute Gasteiger partial charge is 0.0442 e. The zero-order valence-corrected chi connectivity index (χ0v) is 13.4. The van der Waals surface area contributed by atoms with Gasteiger partial charge in [-0.25, -0.2) is 0 Å². The predicted molar refractivity (Wildman–Crippen MR) is 84.6 cm³/mol. The molecule has 2 atom stereocenters. The van der Waals surface area contributed by atoms with Gasteiger partial charge in [-0.1, -0.05) is 54.4 Å². The zero-order valence-electron chi connectivity index (χ0n) is 10.9. The molecule has 0 N–H and O–H groups in total. The summed E-state index contributed by atoms with van der Waals surface area (Å²) in [6, 6.07) is 8.77. The average Bonchev–Trinajstić information content (AvgIpc) is 2.91. The Kier molecular flexibility index (Phi) is 3.27. The largest absolute Gasteiger partial charge is 0.143 e. The van der Waals surface area contributed by atoms with Gasteiger partial charge >= 0.3 is 0 Å². The van der Waals surface area contributed by atoms with Crippen molar-refractivity contribution in [2.24, 2.45) is 11.3 Å². The van der Waals surface area contributed by atoms with Gasteiger partial charge in [-0.15, -0.1) is 11.3 Å². The lowest BCUT2D eigenvalue weighted by molar-refractivity contribution is 0.257. The molecule has 1 aliphatic carbocycles. The van der Waals surface area contributed by atoms with Crippen molar-refractivity contribution in [3.8, 4) is 0 Å². The summed E-state index contributed by atoms with van der Waals surface area (Å²) in [4.78, 5) is 0.506. The van der Waals surface area contributed by atoms with E-state index in [-0.39, 0.29) is 0 Å². The van der Waals surface area contributed by atoms with Crippen molar-refractivity contribution in [1.29, 1.82) is 0 Å². The van der Waals surface area contributed by atoms with E-state index >= 15 is 0 Å². The van der Waals surface area contributed by atoms with Gasteiger partial charge in [0, 0.05) is 9.53 Å². The highest BCUT2D eigenvalue weighted by molar-refractivity contribution is 9.09. The molecule has 2 unspecified atom stereocenters. The monoisotopic (exact) mass is 322 g/mol. The van der Waals surface area contributed by atoms with E-state index in [0.29, 0.717) is 10.2 Å². The third-order valence-electron chi connectivity index (χ3n) is 4.50. The maximum absolute atomic E-state index is 4.00. The maximum Gasteiger partial charge on any atom is 0.0442 e. The van der Waals surface area contributed by atoms with Crippen molar-refractivity contribution in [3.63, 3.8) is 0 Å². The Morgan fingerprint density at radius 3 is 2.83 bits per heavy atom. The molecule has 2 heteroatoms. The quantitative estimate of drug-likeness (QED) is 0.580. The Balaban J connectivity index is 1.99. The van der Waals surface area contributed by atoms with Gasteiger partial charge in [-0.05, 0) is 46.6 Å². The van der Waals surface area contributed by atoms with E-state index in [1.54, 1.807) is 0 Å². The molecule has 0 radical (unpaired) electrons. The fraction of sp³-hybridized carbons (Fsp3) is 0.500. The van der Waals surface area contributed by atoms with Crippen molar-refractivity contribution in [2.75, 3.05) is 0 Å². The van der Waals surface area contributed by atoms with Gasteiger partial charge in [-0.2, -0.15) is 0 Å². The molecule has 2 aromatic rings. The Labute approximate surface area is 122 Å². The van der Waals surface area contributed by atoms with Crippen LogP contribution < -0.4 is 0 Å². The highest BCUT2D eigenvalue weighted by Gasteiger charge is 2.39. The van der Waals surface area contributed by atoms with Crippen LogP contribution in [0.25, 0.3) is 10.1 Å². The molecule has 0 bridgehead atoms. The van der Waals surface area contributed by atoms with Gasteiger partial charge < -0.3 is 0 Å². The summed E-state index contributed by atoms with van der Waals surface area (Å²) in [6.45, 7) is 4.85. The summed E-state index contributed by atoms with van der Waals surface area (Å²) in [5.41, 5.74) is 1.97. The number of rotatable bonds is 2. The van der Waals surface area contributed by atoms with Crippen LogP contribution in [0.1, 0.15) is 43.5 Å². The molecule has 3 rings (SSSR count). The minimum absolute atomic E-state index is 0.469. The lowest BCUT2D eigenvalue weighted by Gasteiger charge is -2.31. The second kappa shape index (κ2) is 4.64. The fourth-order valence-electron chi connectivity index (χ4n) is 3.32. The standard InChI is InChI=1S/C16H19BrS/c1-16(2)9-5-7-13(16)15(17)12-10-18-14-8-4-3-6-11(12)14/h3-4,6,8,10,13,15H,5,7,9H2,1-2H3. The second-order valence-electron chi connectivity index (χ2n) is 6.08. The molecule has 0 nitrogen and oxygen atoms in total. The van der Waals surface area contributed by atoms with Gasteiger partial charge in [0.2, 0.25) is 0 Å². The van der Waals surface area contributed by atoms with E-state index in [1.165, 1.54) is 34.9 Å². The predicted octanol–water partition coefficient (Wildman–Crippen LogP) is 6.16. The van der Waals surface area contributed by atoms with Crippen LogP contribution in [-0.2, 0) is 0 Å². The van der Waals surface area contributed by atoms with Crippen molar-refractivity contribution in [2.45, 2.75) is 37.9 Å². The highest BCUT2D eigenvalue weighted by atomic mass is 79.9. The van der Waals surface area contributed by atoms with Crippen LogP contribution in [0, 0.1) is 11.3 Å². The molecule has 1 aromatic carbocycles. The first-order valence-electron chi connectivity index (χ1n) is 6.70. The Bertz CT molecular complexity index is 555. The second-order valence-corrected chi connectivity index (χ2v) is 7.97. The molecule has 1 heterocycles. The van der Waals surface area contributed by atoms with Gasteiger partial charge in [0.1, 0.15) is 0 Å². The molecule has 1 saturated carbocycles. The third kappa shape index (κ3) is 2.04. The Hall–Kier alpha value is -0.340. The van der Waals surface area contributed by atoms with E-state index in [4.69, 9.17) is 0 Å². The van der Waals surface area contributed by atoms with E-state index in [9.17, 15) is 0 Å². The molecule has 1 fully saturated rings. The summed E-state index contributed by atoms with van der Waals surface area (Å²) >= 11 is 5.87. The number of halogens is 1. The molecular weight excluding hydrogens is 304 g/mol. The topological polar surface area (TPSA) is 0 Å². The first kappa shape index (κ1) is 12.7. The van der Waals surface area contributed by atoms with E-state index in [1.807, 2.05) is 11.3 Å². The molecule has 1 aliphatic rings. The summed E-state index contributed by atoms with van der Waals surface area (Å²) in [6.07, 6.45) is 4.09. The molecule has 0 aliphatic heterocycles. The van der Waals surface area contributed by atoms with Gasteiger partial charge in [0.05, 0.1) is 0 Å². The number of thiophene rings is 1. The van der Waals surface area contributed by atoms with Crippen molar-refractivity contribution in [3.05, 3.63) is 35.2 Å². The Morgan fingerprint density at radius 2 is 2.11 bits per heavy atom. The van der Waals surface area contributed by atoms with Crippen molar-refractivity contribution < 1.29 is 0 Å². The lowest BCUT2D eigenvalue weighted by Crippen LogP contribution is -2.21. The summed E-state index contributed by atoms with van der Waals surface area (Å²) < 4.78 is 1.41. The van der Waals surface area contributed by atoms with Crippen LogP contribution >= 0.6 is 27.3 Å². The minimum Gasteiger partial charge on any atom is -0.143 e. The van der Waals surface area contributed by atoms with Crippen LogP contribution in [0.3, 0.4) is 0 Å². The summed E-state index contributed by atoms with van der Waals surface area (Å²) in [5.74, 6) is 0.760.